The van der Waals surface area contributed by atoms with Crippen LogP contribution in [0.5, 0.6) is 0 Å². The number of H-pyrrole nitrogens is 1. The predicted molar refractivity (Wildman–Crippen MR) is 135 cm³/mol. The number of hydrogen-bond donors (Lipinski definition) is 3. The van der Waals surface area contributed by atoms with Gasteiger partial charge in [0.1, 0.15) is 0 Å². The van der Waals surface area contributed by atoms with Crippen LogP contribution in [0.2, 0.25) is 0 Å². The van der Waals surface area contributed by atoms with E-state index < -0.39 is 5.60 Å². The molecular weight excluding hydrogens is 442 g/mol. The van der Waals surface area contributed by atoms with E-state index in [4.69, 9.17) is 0 Å². The zero-order valence-electron chi connectivity index (χ0n) is 20.1. The summed E-state index contributed by atoms with van der Waals surface area (Å²) in [6, 6.07) is 11.6. The van der Waals surface area contributed by atoms with Crippen LogP contribution in [-0.2, 0) is 6.42 Å². The Bertz CT molecular complexity index is 1420. The summed E-state index contributed by atoms with van der Waals surface area (Å²) >= 11 is 0. The number of pyridine rings is 1. The SMILES string of the molecule is CC(C)(O)CCc1ccc2c(C(=O)N[C@H]3CC[C@H](c4n[nH]c(=O)c5ccccc54)CC3)cnn2c1. The summed E-state index contributed by atoms with van der Waals surface area (Å²) in [5.41, 5.74) is 2.46. The lowest BCUT2D eigenvalue weighted by molar-refractivity contribution is 0.0713. The molecule has 5 rings (SSSR count). The Hall–Kier alpha value is -3.52. The first-order chi connectivity index (χ1) is 16.8. The zero-order chi connectivity index (χ0) is 24.6. The maximum atomic E-state index is 13.0. The molecule has 1 aliphatic carbocycles. The second-order valence-corrected chi connectivity index (χ2v) is 10.2. The molecule has 0 spiro atoms. The molecule has 1 aliphatic rings. The maximum absolute atomic E-state index is 13.0. The van der Waals surface area contributed by atoms with Gasteiger partial charge in [-0.25, -0.2) is 9.61 Å². The molecule has 0 bridgehead atoms. The number of benzene rings is 1. The molecule has 0 aliphatic heterocycles. The molecule has 0 atom stereocenters. The van der Waals surface area contributed by atoms with E-state index >= 15 is 0 Å². The summed E-state index contributed by atoms with van der Waals surface area (Å²) in [4.78, 5) is 25.1. The summed E-state index contributed by atoms with van der Waals surface area (Å²) in [5.74, 6) is 0.143. The van der Waals surface area contributed by atoms with Crippen LogP contribution >= 0.6 is 0 Å². The lowest BCUT2D eigenvalue weighted by atomic mass is 9.82. The van der Waals surface area contributed by atoms with Gasteiger partial charge in [0.05, 0.1) is 34.0 Å². The van der Waals surface area contributed by atoms with Gasteiger partial charge in [-0.15, -0.1) is 0 Å². The van der Waals surface area contributed by atoms with E-state index in [-0.39, 0.29) is 23.4 Å². The standard InChI is InChI=1S/C27H31N5O3/c1-27(2,35)14-13-17-7-12-23-22(15-28-32(23)16-17)25(33)29-19-10-8-18(9-11-19)24-20-5-3-4-6-21(20)26(34)31-30-24/h3-7,12,15-16,18-19,35H,8-11,13-14H2,1-2H3,(H,29,33)(H,31,34)/t18-,19-. The third-order valence-electron chi connectivity index (χ3n) is 7.02. The van der Waals surface area contributed by atoms with E-state index in [1.165, 1.54) is 0 Å². The largest absolute Gasteiger partial charge is 0.390 e. The van der Waals surface area contributed by atoms with Crippen LogP contribution < -0.4 is 10.9 Å². The van der Waals surface area contributed by atoms with Gasteiger partial charge in [0, 0.05) is 23.5 Å². The highest BCUT2D eigenvalue weighted by molar-refractivity contribution is 6.00. The van der Waals surface area contributed by atoms with Gasteiger partial charge in [-0.2, -0.15) is 10.2 Å². The van der Waals surface area contributed by atoms with Crippen molar-refractivity contribution < 1.29 is 9.90 Å². The number of aromatic amines is 1. The van der Waals surface area contributed by atoms with Crippen molar-refractivity contribution in [3.8, 4) is 0 Å². The predicted octanol–water partition coefficient (Wildman–Crippen LogP) is 3.73. The molecule has 35 heavy (non-hydrogen) atoms. The highest BCUT2D eigenvalue weighted by atomic mass is 16.3. The molecule has 3 N–H and O–H groups in total. The number of nitrogens with one attached hydrogen (secondary N) is 2. The van der Waals surface area contributed by atoms with Gasteiger partial charge in [-0.1, -0.05) is 24.3 Å². The van der Waals surface area contributed by atoms with Crippen LogP contribution in [-0.4, -0.2) is 42.5 Å². The minimum atomic E-state index is -0.718. The highest BCUT2D eigenvalue weighted by Gasteiger charge is 2.27. The van der Waals surface area contributed by atoms with Crippen molar-refractivity contribution in [1.82, 2.24) is 25.1 Å². The van der Waals surface area contributed by atoms with Crippen molar-refractivity contribution in [2.45, 2.75) is 69.9 Å². The fourth-order valence-electron chi connectivity index (χ4n) is 5.02. The third-order valence-corrected chi connectivity index (χ3v) is 7.02. The maximum Gasteiger partial charge on any atom is 0.272 e. The zero-order valence-corrected chi connectivity index (χ0v) is 20.1. The number of fused-ring (bicyclic) bond motifs is 2. The second-order valence-electron chi connectivity index (χ2n) is 10.2. The Labute approximate surface area is 203 Å². The molecule has 1 saturated carbocycles. The minimum absolute atomic E-state index is 0.0915. The van der Waals surface area contributed by atoms with Gasteiger partial charge in [0.15, 0.2) is 0 Å². The lowest BCUT2D eigenvalue weighted by Gasteiger charge is -2.29. The van der Waals surface area contributed by atoms with Crippen LogP contribution in [0.1, 0.15) is 73.5 Å². The van der Waals surface area contributed by atoms with Crippen LogP contribution in [0.4, 0.5) is 0 Å². The lowest BCUT2D eigenvalue weighted by Crippen LogP contribution is -2.37. The van der Waals surface area contributed by atoms with E-state index in [1.807, 2.05) is 42.6 Å². The molecule has 1 fully saturated rings. The highest BCUT2D eigenvalue weighted by Crippen LogP contribution is 2.34. The topological polar surface area (TPSA) is 112 Å². The number of carbonyl (C=O) groups is 1. The van der Waals surface area contributed by atoms with E-state index in [0.717, 1.165) is 54.3 Å². The van der Waals surface area contributed by atoms with Gasteiger partial charge >= 0.3 is 0 Å². The number of nitrogens with zero attached hydrogens (tertiary/aromatic N) is 3. The molecule has 1 amide bonds. The summed E-state index contributed by atoms with van der Waals surface area (Å²) in [6.45, 7) is 3.60. The molecule has 1 aromatic carbocycles. The first-order valence-electron chi connectivity index (χ1n) is 12.3. The summed E-state index contributed by atoms with van der Waals surface area (Å²) in [6.07, 6.45) is 8.43. The summed E-state index contributed by atoms with van der Waals surface area (Å²) < 4.78 is 1.73. The van der Waals surface area contributed by atoms with Gasteiger partial charge < -0.3 is 10.4 Å². The molecule has 8 heteroatoms. The fourth-order valence-corrected chi connectivity index (χ4v) is 5.02. The Kier molecular flexibility index (Phi) is 6.15. The molecular formula is C27H31N5O3. The van der Waals surface area contributed by atoms with Gasteiger partial charge in [0.25, 0.3) is 11.5 Å². The van der Waals surface area contributed by atoms with Crippen LogP contribution in [0.3, 0.4) is 0 Å². The van der Waals surface area contributed by atoms with E-state index in [9.17, 15) is 14.7 Å². The van der Waals surface area contributed by atoms with Crippen LogP contribution in [0, 0.1) is 0 Å². The fraction of sp³-hybridized carbons (Fsp3) is 0.407. The average molecular weight is 474 g/mol. The number of aliphatic hydroxyl groups is 1. The Morgan fingerprint density at radius 2 is 1.89 bits per heavy atom. The van der Waals surface area contributed by atoms with E-state index in [1.54, 1.807) is 24.6 Å². The quantitative estimate of drug-likeness (QED) is 0.395. The number of aromatic nitrogens is 4. The number of rotatable bonds is 6. The molecule has 3 heterocycles. The van der Waals surface area contributed by atoms with Crippen molar-refractivity contribution in [1.29, 1.82) is 0 Å². The van der Waals surface area contributed by atoms with Crippen molar-refractivity contribution >= 4 is 22.2 Å². The monoisotopic (exact) mass is 473 g/mol. The van der Waals surface area contributed by atoms with Crippen molar-refractivity contribution in [3.05, 3.63) is 76.0 Å². The smallest absolute Gasteiger partial charge is 0.272 e. The minimum Gasteiger partial charge on any atom is -0.390 e. The van der Waals surface area contributed by atoms with E-state index in [2.05, 4.69) is 20.6 Å². The van der Waals surface area contributed by atoms with E-state index in [0.29, 0.717) is 17.4 Å². The van der Waals surface area contributed by atoms with Crippen molar-refractivity contribution in [2.75, 3.05) is 0 Å². The first-order valence-corrected chi connectivity index (χ1v) is 12.3. The number of amides is 1. The Balaban J connectivity index is 1.23. The summed E-state index contributed by atoms with van der Waals surface area (Å²) in [5, 5.41) is 26.1. The van der Waals surface area contributed by atoms with Crippen molar-refractivity contribution in [3.63, 3.8) is 0 Å². The molecule has 4 aromatic rings. The third kappa shape index (κ3) is 4.98. The van der Waals surface area contributed by atoms with Crippen molar-refractivity contribution in [2.24, 2.45) is 0 Å². The van der Waals surface area contributed by atoms with Gasteiger partial charge in [0.2, 0.25) is 0 Å². The second kappa shape index (κ2) is 9.26. The molecule has 0 unspecified atom stereocenters. The number of aryl methyl sites for hydroxylation is 1. The summed E-state index contributed by atoms with van der Waals surface area (Å²) in [7, 11) is 0. The molecule has 8 nitrogen and oxygen atoms in total. The van der Waals surface area contributed by atoms with Gasteiger partial charge in [-0.3, -0.25) is 9.59 Å². The van der Waals surface area contributed by atoms with Crippen LogP contribution in [0.25, 0.3) is 16.3 Å². The number of hydrogen-bond acceptors (Lipinski definition) is 5. The molecule has 0 radical (unpaired) electrons. The molecule has 0 saturated heterocycles. The average Bonchev–Trinajstić information content (AvgIpc) is 3.27. The van der Waals surface area contributed by atoms with Crippen LogP contribution in [0.15, 0.2) is 53.6 Å². The molecule has 3 aromatic heterocycles. The number of carbonyl (C=O) groups excluding carboxylic acids is 1. The molecule has 182 valence electrons. The Morgan fingerprint density at radius 1 is 1.14 bits per heavy atom. The normalized spacial score (nSPS) is 18.7. The van der Waals surface area contributed by atoms with Gasteiger partial charge in [-0.05, 0) is 70.1 Å². The Morgan fingerprint density at radius 3 is 2.63 bits per heavy atom. The first kappa shape index (κ1) is 23.2.